The number of halogens is 2. The first-order valence-corrected chi connectivity index (χ1v) is 8.13. The van der Waals surface area contributed by atoms with E-state index in [1.54, 1.807) is 24.3 Å². The van der Waals surface area contributed by atoms with Crippen molar-refractivity contribution in [2.45, 2.75) is 0 Å². The van der Waals surface area contributed by atoms with Crippen molar-refractivity contribution in [3.63, 3.8) is 0 Å². The lowest BCUT2D eigenvalue weighted by molar-refractivity contribution is 0.104. The van der Waals surface area contributed by atoms with Crippen LogP contribution in [0.5, 0.6) is 0 Å². The third-order valence-corrected chi connectivity index (χ3v) is 4.06. The predicted molar refractivity (Wildman–Crippen MR) is 100 cm³/mol. The molecule has 0 radical (unpaired) electrons. The first-order chi connectivity index (χ1) is 12.0. The molecule has 124 valence electrons. The zero-order valence-corrected chi connectivity index (χ0v) is 14.4. The molecular weight excluding hydrogens is 359 g/mol. The molecule has 2 aromatic carbocycles. The first-order valence-electron chi connectivity index (χ1n) is 7.37. The maximum Gasteiger partial charge on any atom is 0.264 e. The Hall–Kier alpha value is -2.69. The SMILES string of the molecule is O=C(/C=C/c1ccc(Cl)cc1Cl)c1cc(=O)[nH]nc1-c1ccccc1. The van der Waals surface area contributed by atoms with Crippen molar-refractivity contribution in [3.05, 3.63) is 92.2 Å². The summed E-state index contributed by atoms with van der Waals surface area (Å²) in [5.41, 5.74) is 1.58. The molecule has 25 heavy (non-hydrogen) atoms. The van der Waals surface area contributed by atoms with Crippen molar-refractivity contribution >= 4 is 35.1 Å². The van der Waals surface area contributed by atoms with Gasteiger partial charge in [-0.05, 0) is 29.8 Å². The van der Waals surface area contributed by atoms with E-state index in [9.17, 15) is 9.59 Å². The zero-order chi connectivity index (χ0) is 17.8. The van der Waals surface area contributed by atoms with Gasteiger partial charge in [0.05, 0.1) is 5.56 Å². The second-order valence-electron chi connectivity index (χ2n) is 5.22. The van der Waals surface area contributed by atoms with Gasteiger partial charge in [0, 0.05) is 21.7 Å². The highest BCUT2D eigenvalue weighted by Crippen LogP contribution is 2.23. The molecule has 0 bridgehead atoms. The van der Waals surface area contributed by atoms with E-state index in [0.29, 0.717) is 21.3 Å². The van der Waals surface area contributed by atoms with Gasteiger partial charge in [0.1, 0.15) is 5.69 Å². The van der Waals surface area contributed by atoms with Gasteiger partial charge in [-0.25, -0.2) is 5.10 Å². The number of nitrogens with one attached hydrogen (secondary N) is 1. The molecule has 0 atom stereocenters. The van der Waals surface area contributed by atoms with Crippen molar-refractivity contribution in [2.75, 3.05) is 0 Å². The van der Waals surface area contributed by atoms with Crippen LogP contribution in [0.4, 0.5) is 0 Å². The smallest absolute Gasteiger partial charge is 0.264 e. The minimum Gasteiger partial charge on any atom is -0.289 e. The number of carbonyl (C=O) groups excluding carboxylic acids is 1. The number of hydrogen-bond acceptors (Lipinski definition) is 3. The van der Waals surface area contributed by atoms with E-state index >= 15 is 0 Å². The number of hydrogen-bond donors (Lipinski definition) is 1. The Morgan fingerprint density at radius 1 is 1.04 bits per heavy atom. The Kier molecular flexibility index (Phi) is 5.12. The van der Waals surface area contributed by atoms with Crippen LogP contribution in [-0.4, -0.2) is 16.0 Å². The Bertz CT molecular complexity index is 1010. The minimum atomic E-state index is -0.444. The molecule has 0 aliphatic rings. The Labute approximate surface area is 153 Å². The molecule has 1 N–H and O–H groups in total. The summed E-state index contributed by atoms with van der Waals surface area (Å²) >= 11 is 12.0. The van der Waals surface area contributed by atoms with Gasteiger partial charge in [-0.1, -0.05) is 59.6 Å². The van der Waals surface area contributed by atoms with E-state index in [-0.39, 0.29) is 11.3 Å². The summed E-state index contributed by atoms with van der Waals surface area (Å²) in [5, 5.41) is 7.33. The third-order valence-electron chi connectivity index (χ3n) is 3.50. The average molecular weight is 371 g/mol. The fraction of sp³-hybridized carbons (Fsp3) is 0. The number of rotatable bonds is 4. The molecule has 4 nitrogen and oxygen atoms in total. The largest absolute Gasteiger partial charge is 0.289 e. The lowest BCUT2D eigenvalue weighted by atomic mass is 10.0. The summed E-state index contributed by atoms with van der Waals surface area (Å²) in [4.78, 5) is 24.2. The summed E-state index contributed by atoms with van der Waals surface area (Å²) < 4.78 is 0. The molecular formula is C19H12Cl2N2O2. The first kappa shape index (κ1) is 17.1. The maximum absolute atomic E-state index is 12.6. The Morgan fingerprint density at radius 3 is 2.52 bits per heavy atom. The third kappa shape index (κ3) is 4.05. The van der Waals surface area contributed by atoms with Gasteiger partial charge in [0.15, 0.2) is 5.78 Å². The van der Waals surface area contributed by atoms with Crippen molar-refractivity contribution < 1.29 is 4.79 Å². The highest BCUT2D eigenvalue weighted by molar-refractivity contribution is 6.35. The monoisotopic (exact) mass is 370 g/mol. The van der Waals surface area contributed by atoms with E-state index < -0.39 is 5.56 Å². The van der Waals surface area contributed by atoms with Crippen LogP contribution in [0, 0.1) is 0 Å². The maximum atomic E-state index is 12.6. The van der Waals surface area contributed by atoms with Crippen molar-refractivity contribution in [2.24, 2.45) is 0 Å². The van der Waals surface area contributed by atoms with Gasteiger partial charge in [0.2, 0.25) is 0 Å². The number of aromatic amines is 1. The van der Waals surface area contributed by atoms with Gasteiger partial charge in [0.25, 0.3) is 5.56 Å². The number of nitrogens with zero attached hydrogens (tertiary/aromatic N) is 1. The molecule has 3 aromatic rings. The van der Waals surface area contributed by atoms with Gasteiger partial charge >= 0.3 is 0 Å². The van der Waals surface area contributed by atoms with Crippen molar-refractivity contribution in [1.29, 1.82) is 0 Å². The zero-order valence-electron chi connectivity index (χ0n) is 12.9. The summed E-state index contributed by atoms with van der Waals surface area (Å²) in [5.74, 6) is -0.344. The van der Waals surface area contributed by atoms with Gasteiger partial charge in [-0.2, -0.15) is 5.10 Å². The highest BCUT2D eigenvalue weighted by atomic mass is 35.5. The molecule has 0 saturated heterocycles. The molecule has 0 spiro atoms. The Balaban J connectivity index is 1.98. The number of ketones is 1. The standard InChI is InChI=1S/C19H12Cl2N2O2/c20-14-8-6-12(16(21)10-14)7-9-17(24)15-11-18(25)22-23-19(15)13-4-2-1-3-5-13/h1-11H,(H,22,25)/b9-7+. The predicted octanol–water partition coefficient (Wildman–Crippen LogP) is 4.64. The number of allylic oxidation sites excluding steroid dienone is 1. The average Bonchev–Trinajstić information content (AvgIpc) is 2.61. The Morgan fingerprint density at radius 2 is 1.80 bits per heavy atom. The highest BCUT2D eigenvalue weighted by Gasteiger charge is 2.13. The van der Waals surface area contributed by atoms with Crippen LogP contribution in [0.2, 0.25) is 10.0 Å². The lowest BCUT2D eigenvalue weighted by Gasteiger charge is -2.05. The molecule has 3 rings (SSSR count). The molecule has 6 heteroatoms. The molecule has 1 aromatic heterocycles. The second-order valence-corrected chi connectivity index (χ2v) is 6.07. The van der Waals surface area contributed by atoms with Gasteiger partial charge in [-0.3, -0.25) is 9.59 Å². The van der Waals surface area contributed by atoms with Gasteiger partial charge < -0.3 is 0 Å². The van der Waals surface area contributed by atoms with Crippen molar-refractivity contribution in [3.8, 4) is 11.3 Å². The van der Waals surface area contributed by atoms with Crippen LogP contribution >= 0.6 is 23.2 Å². The fourth-order valence-corrected chi connectivity index (χ4v) is 2.77. The van der Waals surface area contributed by atoms with E-state index in [2.05, 4.69) is 10.2 Å². The second kappa shape index (κ2) is 7.47. The quantitative estimate of drug-likeness (QED) is 0.537. The van der Waals surface area contributed by atoms with Crippen LogP contribution < -0.4 is 5.56 Å². The summed E-state index contributed by atoms with van der Waals surface area (Å²) in [6.07, 6.45) is 2.94. The normalized spacial score (nSPS) is 11.0. The topological polar surface area (TPSA) is 62.8 Å². The molecule has 0 aliphatic carbocycles. The van der Waals surface area contributed by atoms with E-state index in [1.807, 2.05) is 30.3 Å². The van der Waals surface area contributed by atoms with Crippen LogP contribution in [0.25, 0.3) is 17.3 Å². The summed E-state index contributed by atoms with van der Waals surface area (Å²) in [6.45, 7) is 0. The van der Waals surface area contributed by atoms with Crippen LogP contribution in [0.1, 0.15) is 15.9 Å². The van der Waals surface area contributed by atoms with E-state index in [1.165, 1.54) is 12.1 Å². The van der Waals surface area contributed by atoms with Crippen LogP contribution in [0.15, 0.2) is 65.5 Å². The molecule has 0 saturated carbocycles. The number of benzene rings is 2. The van der Waals surface area contributed by atoms with Gasteiger partial charge in [-0.15, -0.1) is 0 Å². The number of aromatic nitrogens is 2. The summed E-state index contributed by atoms with van der Waals surface area (Å²) in [6, 6.07) is 15.4. The molecule has 0 amide bonds. The lowest BCUT2D eigenvalue weighted by Crippen LogP contribution is -2.13. The molecule has 0 aliphatic heterocycles. The van der Waals surface area contributed by atoms with Crippen molar-refractivity contribution in [1.82, 2.24) is 10.2 Å². The molecule has 1 heterocycles. The van der Waals surface area contributed by atoms with E-state index in [0.717, 1.165) is 5.56 Å². The number of H-pyrrole nitrogens is 1. The van der Waals surface area contributed by atoms with Crippen LogP contribution in [-0.2, 0) is 0 Å². The number of carbonyl (C=O) groups is 1. The van der Waals surface area contributed by atoms with E-state index in [4.69, 9.17) is 23.2 Å². The minimum absolute atomic E-state index is 0.219. The molecule has 0 fully saturated rings. The fourth-order valence-electron chi connectivity index (χ4n) is 2.30. The summed E-state index contributed by atoms with van der Waals surface area (Å²) in [7, 11) is 0. The van der Waals surface area contributed by atoms with Crippen LogP contribution in [0.3, 0.4) is 0 Å². The molecule has 0 unspecified atom stereocenters.